The van der Waals surface area contributed by atoms with Crippen molar-refractivity contribution in [1.82, 2.24) is 4.98 Å². The van der Waals surface area contributed by atoms with Gasteiger partial charge in [-0.25, -0.2) is 0 Å². The third-order valence-electron chi connectivity index (χ3n) is 4.12. The van der Waals surface area contributed by atoms with Crippen LogP contribution in [0.5, 0.6) is 5.75 Å². The monoisotopic (exact) mass is 291 g/mol. The number of pyridine rings is 1. The quantitative estimate of drug-likeness (QED) is 0.903. The predicted molar refractivity (Wildman–Crippen MR) is 85.3 cm³/mol. The summed E-state index contributed by atoms with van der Waals surface area (Å²) in [7, 11) is 0. The number of hydrogen-bond donors (Lipinski definition) is 1. The zero-order chi connectivity index (χ0) is 15.9. The normalized spacial score (nSPS) is 23.0. The Hall–Kier alpha value is -1.09. The summed E-state index contributed by atoms with van der Waals surface area (Å²) in [6.07, 6.45) is 6.25. The Labute approximate surface area is 128 Å². The molecule has 2 rings (SSSR count). The van der Waals surface area contributed by atoms with Gasteiger partial charge in [0.1, 0.15) is 5.75 Å². The van der Waals surface area contributed by atoms with E-state index in [0.717, 1.165) is 30.6 Å². The Morgan fingerprint density at radius 1 is 1.05 bits per heavy atom. The highest BCUT2D eigenvalue weighted by molar-refractivity contribution is 5.29. The molecule has 1 N–H and O–H groups in total. The molecule has 1 heterocycles. The van der Waals surface area contributed by atoms with Crippen LogP contribution in [0, 0.1) is 10.8 Å². The minimum absolute atomic E-state index is 0.107. The van der Waals surface area contributed by atoms with Crippen LogP contribution in [-0.2, 0) is 5.60 Å². The summed E-state index contributed by atoms with van der Waals surface area (Å²) >= 11 is 0. The van der Waals surface area contributed by atoms with Crippen LogP contribution in [0.15, 0.2) is 18.5 Å². The van der Waals surface area contributed by atoms with E-state index in [2.05, 4.69) is 32.7 Å². The van der Waals surface area contributed by atoms with Gasteiger partial charge in [-0.1, -0.05) is 27.7 Å². The van der Waals surface area contributed by atoms with Crippen molar-refractivity contribution in [3.8, 4) is 5.75 Å². The van der Waals surface area contributed by atoms with Crippen molar-refractivity contribution in [2.45, 2.75) is 72.5 Å². The average Bonchev–Trinajstić information content (AvgIpc) is 2.23. The summed E-state index contributed by atoms with van der Waals surface area (Å²) in [5.41, 5.74) is 0.285. The molecular weight excluding hydrogens is 262 g/mol. The number of aromatic nitrogens is 1. The van der Waals surface area contributed by atoms with Gasteiger partial charge in [0.2, 0.25) is 0 Å². The van der Waals surface area contributed by atoms with Crippen LogP contribution in [0.1, 0.15) is 66.4 Å². The molecule has 0 saturated heterocycles. The van der Waals surface area contributed by atoms with Crippen LogP contribution < -0.4 is 4.74 Å². The molecule has 1 fully saturated rings. The molecule has 3 heteroatoms. The van der Waals surface area contributed by atoms with Gasteiger partial charge in [0, 0.05) is 11.8 Å². The fourth-order valence-electron chi connectivity index (χ4n) is 4.28. The van der Waals surface area contributed by atoms with Crippen LogP contribution >= 0.6 is 0 Å². The number of rotatable bonds is 3. The van der Waals surface area contributed by atoms with E-state index in [4.69, 9.17) is 4.74 Å². The summed E-state index contributed by atoms with van der Waals surface area (Å²) in [6.45, 7) is 12.9. The third-order valence-corrected chi connectivity index (χ3v) is 4.12. The average molecular weight is 291 g/mol. The summed E-state index contributed by atoms with van der Waals surface area (Å²) in [5.74, 6) is 0.733. The van der Waals surface area contributed by atoms with Gasteiger partial charge in [-0.3, -0.25) is 4.98 Å². The molecule has 0 amide bonds. The van der Waals surface area contributed by atoms with Crippen molar-refractivity contribution in [3.05, 3.63) is 24.0 Å². The standard InChI is InChI=1S/C18H29NO2/c1-13(2)21-15-7-14(8-19-9-15)18(20)11-16(3,4)10-17(5,6)12-18/h7-9,13,20H,10-12H2,1-6H3. The van der Waals surface area contributed by atoms with Gasteiger partial charge < -0.3 is 9.84 Å². The zero-order valence-electron chi connectivity index (χ0n) is 14.2. The summed E-state index contributed by atoms with van der Waals surface area (Å²) in [4.78, 5) is 4.27. The Bertz CT molecular complexity index is 490. The Kier molecular flexibility index (Phi) is 4.09. The van der Waals surface area contributed by atoms with Crippen LogP contribution in [0.4, 0.5) is 0 Å². The molecule has 0 spiro atoms. The van der Waals surface area contributed by atoms with Crippen LogP contribution in [-0.4, -0.2) is 16.2 Å². The van der Waals surface area contributed by atoms with E-state index in [1.165, 1.54) is 0 Å². The SMILES string of the molecule is CC(C)Oc1cncc(C2(O)CC(C)(C)CC(C)(C)C2)c1. The summed E-state index contributed by atoms with van der Waals surface area (Å²) in [5, 5.41) is 11.3. The lowest BCUT2D eigenvalue weighted by atomic mass is 9.58. The first-order valence-electron chi connectivity index (χ1n) is 7.86. The predicted octanol–water partition coefficient (Wildman–Crippen LogP) is 4.29. The second-order valence-electron chi connectivity index (χ2n) is 8.47. The maximum absolute atomic E-state index is 11.3. The maximum Gasteiger partial charge on any atom is 0.138 e. The van der Waals surface area contributed by atoms with E-state index in [9.17, 15) is 5.11 Å². The maximum atomic E-state index is 11.3. The molecule has 0 unspecified atom stereocenters. The summed E-state index contributed by atoms with van der Waals surface area (Å²) < 4.78 is 5.72. The van der Waals surface area contributed by atoms with E-state index < -0.39 is 5.60 Å². The van der Waals surface area contributed by atoms with Crippen molar-refractivity contribution < 1.29 is 9.84 Å². The molecule has 0 bridgehead atoms. The molecular formula is C18H29NO2. The van der Waals surface area contributed by atoms with E-state index in [-0.39, 0.29) is 16.9 Å². The van der Waals surface area contributed by atoms with Gasteiger partial charge in [-0.2, -0.15) is 0 Å². The third kappa shape index (κ3) is 3.97. The molecule has 1 aromatic rings. The largest absolute Gasteiger partial charge is 0.489 e. The number of nitrogens with zero attached hydrogens (tertiary/aromatic N) is 1. The van der Waals surface area contributed by atoms with Gasteiger partial charge in [-0.15, -0.1) is 0 Å². The van der Waals surface area contributed by atoms with E-state index in [1.807, 2.05) is 19.9 Å². The smallest absolute Gasteiger partial charge is 0.138 e. The molecule has 21 heavy (non-hydrogen) atoms. The minimum atomic E-state index is -0.825. The van der Waals surface area contributed by atoms with Crippen LogP contribution in [0.3, 0.4) is 0 Å². The number of aliphatic hydroxyl groups is 1. The van der Waals surface area contributed by atoms with Crippen LogP contribution in [0.2, 0.25) is 0 Å². The Balaban J connectivity index is 2.34. The highest BCUT2D eigenvalue weighted by atomic mass is 16.5. The lowest BCUT2D eigenvalue weighted by Gasteiger charge is -2.49. The molecule has 0 atom stereocenters. The highest BCUT2D eigenvalue weighted by Gasteiger charge is 2.47. The molecule has 1 saturated carbocycles. The van der Waals surface area contributed by atoms with Gasteiger partial charge in [-0.05, 0) is 50.0 Å². The fraction of sp³-hybridized carbons (Fsp3) is 0.722. The molecule has 1 aliphatic rings. The summed E-state index contributed by atoms with van der Waals surface area (Å²) in [6, 6.07) is 1.95. The van der Waals surface area contributed by atoms with E-state index >= 15 is 0 Å². The molecule has 0 aliphatic heterocycles. The molecule has 0 aromatic carbocycles. The van der Waals surface area contributed by atoms with Gasteiger partial charge in [0.05, 0.1) is 17.9 Å². The lowest BCUT2D eigenvalue weighted by Crippen LogP contribution is -2.44. The first kappa shape index (κ1) is 16.3. The Morgan fingerprint density at radius 2 is 1.62 bits per heavy atom. The van der Waals surface area contributed by atoms with Crippen molar-refractivity contribution in [1.29, 1.82) is 0 Å². The first-order chi connectivity index (χ1) is 9.51. The fourth-order valence-corrected chi connectivity index (χ4v) is 4.28. The van der Waals surface area contributed by atoms with Gasteiger partial charge >= 0.3 is 0 Å². The second kappa shape index (κ2) is 5.28. The topological polar surface area (TPSA) is 42.4 Å². The number of hydrogen-bond acceptors (Lipinski definition) is 3. The van der Waals surface area contributed by atoms with Gasteiger partial charge in [0.15, 0.2) is 0 Å². The van der Waals surface area contributed by atoms with Crippen molar-refractivity contribution >= 4 is 0 Å². The molecule has 1 aromatic heterocycles. The minimum Gasteiger partial charge on any atom is -0.489 e. The van der Waals surface area contributed by atoms with Crippen molar-refractivity contribution in [3.63, 3.8) is 0 Å². The molecule has 1 aliphatic carbocycles. The second-order valence-corrected chi connectivity index (χ2v) is 8.47. The van der Waals surface area contributed by atoms with E-state index in [0.29, 0.717) is 0 Å². The first-order valence-corrected chi connectivity index (χ1v) is 7.86. The number of ether oxygens (including phenoxy) is 1. The Morgan fingerprint density at radius 3 is 2.14 bits per heavy atom. The zero-order valence-corrected chi connectivity index (χ0v) is 14.2. The van der Waals surface area contributed by atoms with Gasteiger partial charge in [0.25, 0.3) is 0 Å². The van der Waals surface area contributed by atoms with Crippen molar-refractivity contribution in [2.24, 2.45) is 10.8 Å². The van der Waals surface area contributed by atoms with E-state index in [1.54, 1.807) is 12.4 Å². The lowest BCUT2D eigenvalue weighted by molar-refractivity contribution is -0.0916. The molecule has 0 radical (unpaired) electrons. The molecule has 118 valence electrons. The van der Waals surface area contributed by atoms with Crippen molar-refractivity contribution in [2.75, 3.05) is 0 Å². The molecule has 3 nitrogen and oxygen atoms in total. The van der Waals surface area contributed by atoms with Crippen LogP contribution in [0.25, 0.3) is 0 Å². The highest BCUT2D eigenvalue weighted by Crippen LogP contribution is 2.53.